The molecular formula is C20H23N5O2S3. The molecule has 0 aromatic carbocycles. The molecule has 0 aliphatic heterocycles. The Bertz CT molecular complexity index is 1000. The summed E-state index contributed by atoms with van der Waals surface area (Å²) in [6.45, 7) is 3.35. The van der Waals surface area contributed by atoms with Crippen molar-refractivity contribution in [3.05, 3.63) is 16.0 Å². The van der Waals surface area contributed by atoms with Gasteiger partial charge in [0.1, 0.15) is 11.1 Å². The number of fused-ring (bicyclic) bond motifs is 1. The number of hydrogen-bond donors (Lipinski definition) is 1. The number of aryl methyl sites for hydroxylation is 1. The minimum atomic E-state index is -0.397. The number of nitriles is 1. The van der Waals surface area contributed by atoms with Gasteiger partial charge in [0.05, 0.1) is 10.8 Å². The summed E-state index contributed by atoms with van der Waals surface area (Å²) in [7, 11) is 0. The van der Waals surface area contributed by atoms with E-state index in [0.29, 0.717) is 20.0 Å². The predicted molar refractivity (Wildman–Crippen MR) is 120 cm³/mol. The van der Waals surface area contributed by atoms with Crippen molar-refractivity contribution < 1.29 is 9.59 Å². The van der Waals surface area contributed by atoms with Crippen LogP contribution in [0.15, 0.2) is 4.34 Å². The molecule has 2 aromatic heterocycles. The van der Waals surface area contributed by atoms with E-state index in [1.54, 1.807) is 16.2 Å². The van der Waals surface area contributed by atoms with E-state index >= 15 is 0 Å². The minimum absolute atomic E-state index is 0.0301. The van der Waals surface area contributed by atoms with E-state index in [1.165, 1.54) is 41.3 Å². The van der Waals surface area contributed by atoms with Crippen molar-refractivity contribution in [1.82, 2.24) is 10.2 Å². The maximum Gasteiger partial charge on any atom is 0.238 e. The third kappa shape index (κ3) is 4.53. The molecule has 1 unspecified atom stereocenters. The number of thiophene rings is 1. The molecule has 30 heavy (non-hydrogen) atoms. The number of carbonyl (C=O) groups excluding carboxylic acids is 2. The number of nitrogens with one attached hydrogen (secondary N) is 1. The number of nitrogens with zero attached hydrogens (tertiary/aromatic N) is 4. The number of thioether (sulfide) groups is 1. The van der Waals surface area contributed by atoms with Gasteiger partial charge >= 0.3 is 0 Å². The van der Waals surface area contributed by atoms with E-state index in [-0.39, 0.29) is 17.9 Å². The van der Waals surface area contributed by atoms with Gasteiger partial charge < -0.3 is 5.32 Å². The summed E-state index contributed by atoms with van der Waals surface area (Å²) in [5, 5.41) is 21.8. The van der Waals surface area contributed by atoms with Gasteiger partial charge in [-0.15, -0.1) is 21.5 Å². The number of anilines is 2. The molecule has 0 bridgehead atoms. The fourth-order valence-corrected chi connectivity index (χ4v) is 6.94. The number of amides is 2. The van der Waals surface area contributed by atoms with Crippen LogP contribution in [0.4, 0.5) is 10.1 Å². The smallest absolute Gasteiger partial charge is 0.238 e. The van der Waals surface area contributed by atoms with E-state index in [1.807, 2.05) is 6.92 Å². The summed E-state index contributed by atoms with van der Waals surface area (Å²) < 4.78 is 0.655. The molecular weight excluding hydrogens is 438 g/mol. The Hall–Kier alpha value is -1.96. The van der Waals surface area contributed by atoms with Crippen LogP contribution in [0.2, 0.25) is 0 Å². The predicted octanol–water partition coefficient (Wildman–Crippen LogP) is 4.37. The fourth-order valence-electron chi connectivity index (χ4n) is 3.60. The minimum Gasteiger partial charge on any atom is -0.316 e. The second-order valence-corrected chi connectivity index (χ2v) is 11.2. The standard InChI is InChI=1S/C20H23N5O2S3/c1-11(28-20-24-23-19(30-20)25(12(2)26)13-8-9-13)17(27)22-18-15(10-21)14-6-4-3-5-7-16(14)29-18/h11,13H,3-9H2,1-2H3,(H,22,27). The van der Waals surface area contributed by atoms with Crippen LogP contribution >= 0.6 is 34.4 Å². The number of aromatic nitrogens is 2. The highest BCUT2D eigenvalue weighted by atomic mass is 32.2. The first-order valence-electron chi connectivity index (χ1n) is 10.1. The summed E-state index contributed by atoms with van der Waals surface area (Å²) in [6.07, 6.45) is 7.30. The quantitative estimate of drug-likeness (QED) is 0.389. The molecule has 2 aliphatic rings. The van der Waals surface area contributed by atoms with Crippen molar-refractivity contribution >= 4 is 56.4 Å². The van der Waals surface area contributed by atoms with Crippen molar-refractivity contribution in [3.63, 3.8) is 0 Å². The van der Waals surface area contributed by atoms with Gasteiger partial charge in [-0.25, -0.2) is 0 Å². The largest absolute Gasteiger partial charge is 0.316 e. The van der Waals surface area contributed by atoms with Gasteiger partial charge in [0, 0.05) is 17.8 Å². The van der Waals surface area contributed by atoms with Crippen molar-refractivity contribution in [2.24, 2.45) is 0 Å². The summed E-state index contributed by atoms with van der Waals surface area (Å²) in [6, 6.07) is 2.53. The van der Waals surface area contributed by atoms with Gasteiger partial charge in [-0.1, -0.05) is 29.5 Å². The molecule has 2 aliphatic carbocycles. The van der Waals surface area contributed by atoms with Gasteiger partial charge in [-0.2, -0.15) is 5.26 Å². The highest BCUT2D eigenvalue weighted by Crippen LogP contribution is 2.39. The molecule has 2 heterocycles. The normalized spacial score (nSPS) is 16.8. The van der Waals surface area contributed by atoms with Crippen LogP contribution in [-0.2, 0) is 22.4 Å². The van der Waals surface area contributed by atoms with Gasteiger partial charge in [0.2, 0.25) is 16.9 Å². The fraction of sp³-hybridized carbons (Fsp3) is 0.550. The van der Waals surface area contributed by atoms with Crippen LogP contribution in [-0.4, -0.2) is 33.3 Å². The maximum absolute atomic E-state index is 12.8. The van der Waals surface area contributed by atoms with Crippen LogP contribution in [0.25, 0.3) is 0 Å². The summed E-state index contributed by atoms with van der Waals surface area (Å²) in [5.41, 5.74) is 1.75. The molecule has 0 saturated heterocycles. The first-order valence-corrected chi connectivity index (χ1v) is 12.6. The van der Waals surface area contributed by atoms with E-state index in [2.05, 4.69) is 21.6 Å². The van der Waals surface area contributed by atoms with Crippen molar-refractivity contribution in [3.8, 4) is 6.07 Å². The Morgan fingerprint density at radius 1 is 1.23 bits per heavy atom. The molecule has 0 radical (unpaired) electrons. The van der Waals surface area contributed by atoms with Crippen molar-refractivity contribution in [1.29, 1.82) is 5.26 Å². The lowest BCUT2D eigenvalue weighted by Gasteiger charge is -2.15. The Labute approximate surface area is 187 Å². The molecule has 4 rings (SSSR count). The Kier molecular flexibility index (Phi) is 6.41. The van der Waals surface area contributed by atoms with Crippen molar-refractivity contribution in [2.75, 3.05) is 10.2 Å². The highest BCUT2D eigenvalue weighted by Gasteiger charge is 2.34. The SMILES string of the molecule is CC(=O)N(c1nnc(SC(C)C(=O)Nc2sc3c(c2C#N)CCCCC3)s1)C1CC1. The first kappa shape index (κ1) is 21.3. The van der Waals surface area contributed by atoms with E-state index in [4.69, 9.17) is 0 Å². The van der Waals surface area contributed by atoms with Gasteiger partial charge in [-0.05, 0) is 51.0 Å². The van der Waals surface area contributed by atoms with E-state index in [0.717, 1.165) is 44.1 Å². The summed E-state index contributed by atoms with van der Waals surface area (Å²) >= 11 is 4.20. The highest BCUT2D eigenvalue weighted by molar-refractivity contribution is 8.02. The zero-order chi connectivity index (χ0) is 21.3. The molecule has 7 nitrogen and oxygen atoms in total. The van der Waals surface area contributed by atoms with Crippen LogP contribution in [0.1, 0.15) is 62.0 Å². The Balaban J connectivity index is 1.43. The molecule has 10 heteroatoms. The van der Waals surface area contributed by atoms with Crippen LogP contribution < -0.4 is 10.2 Å². The molecule has 2 amide bonds. The maximum atomic E-state index is 12.8. The average molecular weight is 462 g/mol. The van der Waals surface area contributed by atoms with Crippen LogP contribution in [0.5, 0.6) is 0 Å². The summed E-state index contributed by atoms with van der Waals surface area (Å²) in [5.74, 6) is -0.187. The second kappa shape index (κ2) is 9.04. The molecule has 0 spiro atoms. The summed E-state index contributed by atoms with van der Waals surface area (Å²) in [4.78, 5) is 27.6. The molecule has 1 saturated carbocycles. The third-order valence-corrected chi connectivity index (χ3v) is 8.58. The zero-order valence-corrected chi connectivity index (χ0v) is 19.4. The monoisotopic (exact) mass is 461 g/mol. The topological polar surface area (TPSA) is 99.0 Å². The molecule has 158 valence electrons. The number of hydrogen-bond acceptors (Lipinski definition) is 8. The average Bonchev–Trinajstić information content (AvgIpc) is 3.40. The molecule has 1 N–H and O–H groups in total. The van der Waals surface area contributed by atoms with Gasteiger partial charge in [-0.3, -0.25) is 14.5 Å². The van der Waals surface area contributed by atoms with E-state index < -0.39 is 5.25 Å². The molecule has 2 aromatic rings. The lowest BCUT2D eigenvalue weighted by molar-refractivity contribution is -0.117. The third-order valence-electron chi connectivity index (χ3n) is 5.27. The van der Waals surface area contributed by atoms with Crippen LogP contribution in [0.3, 0.4) is 0 Å². The second-order valence-electron chi connectivity index (χ2n) is 7.60. The van der Waals surface area contributed by atoms with Gasteiger partial charge in [0.15, 0.2) is 4.34 Å². The number of rotatable bonds is 6. The lowest BCUT2D eigenvalue weighted by atomic mass is 10.1. The van der Waals surface area contributed by atoms with E-state index in [9.17, 15) is 14.9 Å². The van der Waals surface area contributed by atoms with Gasteiger partial charge in [0.25, 0.3) is 0 Å². The zero-order valence-electron chi connectivity index (χ0n) is 16.9. The lowest BCUT2D eigenvalue weighted by Crippen LogP contribution is -2.30. The Morgan fingerprint density at radius 3 is 2.70 bits per heavy atom. The van der Waals surface area contributed by atoms with Crippen molar-refractivity contribution in [2.45, 2.75) is 74.4 Å². The van der Waals surface area contributed by atoms with Crippen LogP contribution in [0, 0.1) is 11.3 Å². The Morgan fingerprint density at radius 2 is 2.00 bits per heavy atom. The molecule has 1 fully saturated rings. The molecule has 1 atom stereocenters. The first-order chi connectivity index (χ1) is 14.5. The number of carbonyl (C=O) groups is 2.